The molecule has 0 saturated carbocycles. The first-order valence-corrected chi connectivity index (χ1v) is 7.83. The molecule has 1 N–H and O–H groups in total. The summed E-state index contributed by atoms with van der Waals surface area (Å²) in [5, 5.41) is 3.43. The average molecular weight is 375 g/mol. The molecule has 0 aliphatic rings. The van der Waals surface area contributed by atoms with Crippen LogP contribution in [0.25, 0.3) is 0 Å². The van der Waals surface area contributed by atoms with Gasteiger partial charge in [-0.1, -0.05) is 30.7 Å². The fourth-order valence-electron chi connectivity index (χ4n) is 2.10. The van der Waals surface area contributed by atoms with Crippen molar-refractivity contribution in [3.8, 4) is 0 Å². The largest absolute Gasteiger partial charge is 0.306 e. The third kappa shape index (κ3) is 4.02. The molecule has 1 unspecified atom stereocenters. The van der Waals surface area contributed by atoms with Crippen LogP contribution < -0.4 is 5.32 Å². The fraction of sp³-hybridized carbons (Fsp3) is 0.250. The van der Waals surface area contributed by atoms with Crippen LogP contribution in [-0.4, -0.2) is 6.54 Å². The van der Waals surface area contributed by atoms with Crippen LogP contribution in [0.1, 0.15) is 30.5 Å². The van der Waals surface area contributed by atoms with E-state index in [0.29, 0.717) is 4.47 Å². The molecule has 0 heterocycles. The molecule has 0 fully saturated rings. The van der Waals surface area contributed by atoms with Crippen LogP contribution in [0, 0.1) is 11.6 Å². The van der Waals surface area contributed by atoms with Gasteiger partial charge in [0.15, 0.2) is 0 Å². The van der Waals surface area contributed by atoms with Gasteiger partial charge in [0.2, 0.25) is 0 Å². The zero-order chi connectivity index (χ0) is 15.4. The second-order valence-electron chi connectivity index (χ2n) is 4.73. The predicted molar refractivity (Wildman–Crippen MR) is 85.6 cm³/mol. The quantitative estimate of drug-likeness (QED) is 0.732. The van der Waals surface area contributed by atoms with Crippen LogP contribution in [0.4, 0.5) is 8.78 Å². The maximum Gasteiger partial charge on any atom is 0.142 e. The van der Waals surface area contributed by atoms with Crippen molar-refractivity contribution < 1.29 is 8.78 Å². The van der Waals surface area contributed by atoms with Crippen molar-refractivity contribution in [2.24, 2.45) is 0 Å². The monoisotopic (exact) mass is 373 g/mol. The maximum atomic E-state index is 13.7. The molecule has 0 spiro atoms. The van der Waals surface area contributed by atoms with E-state index in [1.54, 1.807) is 18.2 Å². The molecule has 0 aliphatic heterocycles. The minimum atomic E-state index is -0.460. The summed E-state index contributed by atoms with van der Waals surface area (Å²) in [4.78, 5) is 0. The molecule has 1 atom stereocenters. The van der Waals surface area contributed by atoms with E-state index in [1.165, 1.54) is 18.2 Å². The molecule has 112 valence electrons. The van der Waals surface area contributed by atoms with Crippen LogP contribution in [-0.2, 0) is 0 Å². The number of rotatable bonds is 5. The molecule has 2 aromatic rings. The Morgan fingerprint density at radius 2 is 1.76 bits per heavy atom. The van der Waals surface area contributed by atoms with Crippen LogP contribution in [0.5, 0.6) is 0 Å². The van der Waals surface area contributed by atoms with Gasteiger partial charge in [0.25, 0.3) is 0 Å². The topological polar surface area (TPSA) is 12.0 Å². The Hall–Kier alpha value is -0.970. The highest BCUT2D eigenvalue weighted by molar-refractivity contribution is 9.10. The third-order valence-electron chi connectivity index (χ3n) is 3.15. The Labute approximate surface area is 136 Å². The first kappa shape index (κ1) is 16.4. The van der Waals surface area contributed by atoms with Gasteiger partial charge in [-0.15, -0.1) is 0 Å². The highest BCUT2D eigenvalue weighted by atomic mass is 79.9. The summed E-state index contributed by atoms with van der Waals surface area (Å²) in [6.45, 7) is 2.82. The maximum absolute atomic E-state index is 13.7. The number of halogens is 4. The average Bonchev–Trinajstić information content (AvgIpc) is 2.46. The van der Waals surface area contributed by atoms with Crippen molar-refractivity contribution in [3.05, 3.63) is 68.7 Å². The normalized spacial score (nSPS) is 12.4. The molecule has 21 heavy (non-hydrogen) atoms. The van der Waals surface area contributed by atoms with E-state index < -0.39 is 5.82 Å². The van der Waals surface area contributed by atoms with E-state index in [2.05, 4.69) is 21.2 Å². The van der Waals surface area contributed by atoms with Gasteiger partial charge in [-0.25, -0.2) is 8.78 Å². The lowest BCUT2D eigenvalue weighted by Gasteiger charge is -2.20. The Kier molecular flexibility index (Phi) is 5.73. The number of benzene rings is 2. The fourth-order valence-corrected chi connectivity index (χ4v) is 2.61. The second-order valence-corrected chi connectivity index (χ2v) is 6.00. The van der Waals surface area contributed by atoms with Crippen molar-refractivity contribution in [3.63, 3.8) is 0 Å². The van der Waals surface area contributed by atoms with E-state index >= 15 is 0 Å². The SMILES string of the molecule is CCCNC(c1ccc(Cl)c(F)c1)c1ccc(F)c(Br)c1. The Bertz CT molecular complexity index is 582. The lowest BCUT2D eigenvalue weighted by Crippen LogP contribution is -2.23. The molecular weight excluding hydrogens is 360 g/mol. The number of hydrogen-bond acceptors (Lipinski definition) is 1. The van der Waals surface area contributed by atoms with Crippen molar-refractivity contribution in [2.75, 3.05) is 6.54 Å². The Morgan fingerprint density at radius 3 is 2.38 bits per heavy atom. The zero-order valence-corrected chi connectivity index (χ0v) is 13.8. The summed E-state index contributed by atoms with van der Waals surface area (Å²) < 4.78 is 27.5. The van der Waals surface area contributed by atoms with Gasteiger partial charge in [0, 0.05) is 0 Å². The number of nitrogens with one attached hydrogen (secondary N) is 1. The van der Waals surface area contributed by atoms with Crippen molar-refractivity contribution in [2.45, 2.75) is 19.4 Å². The summed E-state index contributed by atoms with van der Waals surface area (Å²) in [5.41, 5.74) is 1.61. The molecule has 0 radical (unpaired) electrons. The molecule has 0 aliphatic carbocycles. The summed E-state index contributed by atoms with van der Waals surface area (Å²) in [6, 6.07) is 9.30. The Balaban J connectivity index is 2.41. The van der Waals surface area contributed by atoms with Crippen LogP contribution >= 0.6 is 27.5 Å². The summed E-state index contributed by atoms with van der Waals surface area (Å²) in [5.74, 6) is -0.783. The van der Waals surface area contributed by atoms with E-state index in [-0.39, 0.29) is 16.9 Å². The summed E-state index contributed by atoms with van der Waals surface area (Å²) in [7, 11) is 0. The highest BCUT2D eigenvalue weighted by Gasteiger charge is 2.16. The van der Waals surface area contributed by atoms with Gasteiger partial charge >= 0.3 is 0 Å². The zero-order valence-electron chi connectivity index (χ0n) is 11.5. The van der Waals surface area contributed by atoms with Gasteiger partial charge in [-0.2, -0.15) is 0 Å². The lowest BCUT2D eigenvalue weighted by atomic mass is 9.98. The first-order chi connectivity index (χ1) is 10.0. The van der Waals surface area contributed by atoms with Crippen LogP contribution in [0.15, 0.2) is 40.9 Å². The van der Waals surface area contributed by atoms with Crippen molar-refractivity contribution in [1.29, 1.82) is 0 Å². The van der Waals surface area contributed by atoms with Crippen LogP contribution in [0.3, 0.4) is 0 Å². The van der Waals surface area contributed by atoms with E-state index in [4.69, 9.17) is 11.6 Å². The first-order valence-electron chi connectivity index (χ1n) is 6.66. The molecule has 2 rings (SSSR count). The predicted octanol–water partition coefficient (Wildman–Crippen LogP) is 5.47. The highest BCUT2D eigenvalue weighted by Crippen LogP contribution is 2.28. The van der Waals surface area contributed by atoms with Gasteiger partial charge < -0.3 is 5.32 Å². The smallest absolute Gasteiger partial charge is 0.142 e. The van der Waals surface area contributed by atoms with Gasteiger partial charge in [0.1, 0.15) is 11.6 Å². The molecule has 0 saturated heterocycles. The summed E-state index contributed by atoms with van der Waals surface area (Å²) >= 11 is 8.91. The van der Waals surface area contributed by atoms with E-state index in [0.717, 1.165) is 24.1 Å². The van der Waals surface area contributed by atoms with Gasteiger partial charge in [-0.05, 0) is 64.3 Å². The minimum Gasteiger partial charge on any atom is -0.306 e. The third-order valence-corrected chi connectivity index (χ3v) is 4.07. The molecular formula is C16H15BrClF2N. The van der Waals surface area contributed by atoms with Gasteiger partial charge in [-0.3, -0.25) is 0 Å². The molecule has 2 aromatic carbocycles. The van der Waals surface area contributed by atoms with Crippen LogP contribution in [0.2, 0.25) is 5.02 Å². The number of hydrogen-bond donors (Lipinski definition) is 1. The van der Waals surface area contributed by atoms with Crippen molar-refractivity contribution in [1.82, 2.24) is 5.32 Å². The van der Waals surface area contributed by atoms with E-state index in [1.807, 2.05) is 6.92 Å². The minimum absolute atomic E-state index is 0.0910. The molecule has 0 amide bonds. The molecule has 0 aromatic heterocycles. The van der Waals surface area contributed by atoms with Crippen molar-refractivity contribution >= 4 is 27.5 Å². The molecule has 5 heteroatoms. The lowest BCUT2D eigenvalue weighted by molar-refractivity contribution is 0.581. The second kappa shape index (κ2) is 7.34. The standard InChI is InChI=1S/C16H15BrClF2N/c1-2-7-21-16(10-4-6-14(19)12(17)8-10)11-3-5-13(18)15(20)9-11/h3-6,8-9,16,21H,2,7H2,1H3. The Morgan fingerprint density at radius 1 is 1.10 bits per heavy atom. The summed E-state index contributed by atoms with van der Waals surface area (Å²) in [6.07, 6.45) is 0.939. The molecule has 0 bridgehead atoms. The van der Waals surface area contributed by atoms with E-state index in [9.17, 15) is 8.78 Å². The van der Waals surface area contributed by atoms with Gasteiger partial charge in [0.05, 0.1) is 15.5 Å². The molecule has 1 nitrogen and oxygen atoms in total.